The van der Waals surface area contributed by atoms with Gasteiger partial charge in [0.2, 0.25) is 0 Å². The summed E-state index contributed by atoms with van der Waals surface area (Å²) in [4.78, 5) is 12.0. The normalized spacial score (nSPS) is 11.0. The molecular formula is C15H11IN4O2. The second-order valence-electron chi connectivity index (χ2n) is 4.37. The van der Waals surface area contributed by atoms with E-state index in [4.69, 9.17) is 4.42 Å². The highest BCUT2D eigenvalue weighted by Crippen LogP contribution is 2.16. The van der Waals surface area contributed by atoms with Gasteiger partial charge in [-0.25, -0.2) is 5.43 Å². The molecule has 3 aromatic rings. The molecule has 2 N–H and O–H groups in total. The number of rotatable bonds is 4. The molecule has 2 heterocycles. The largest absolute Gasteiger partial charge is 0.449 e. The van der Waals surface area contributed by atoms with Crippen molar-refractivity contribution in [3.05, 3.63) is 63.8 Å². The predicted octanol–water partition coefficient (Wildman–Crippen LogP) is 3.04. The van der Waals surface area contributed by atoms with Gasteiger partial charge in [-0.3, -0.25) is 9.89 Å². The Morgan fingerprint density at radius 2 is 2.09 bits per heavy atom. The Hall–Kier alpha value is -2.42. The van der Waals surface area contributed by atoms with Gasteiger partial charge in [0.25, 0.3) is 5.91 Å². The lowest BCUT2D eigenvalue weighted by molar-refractivity contribution is 0.0950. The number of carbonyl (C=O) groups is 1. The predicted molar refractivity (Wildman–Crippen MR) is 90.5 cm³/mol. The maximum Gasteiger partial charge on any atom is 0.289 e. The molecule has 3 rings (SSSR count). The van der Waals surface area contributed by atoms with Gasteiger partial charge in [-0.2, -0.15) is 10.2 Å². The van der Waals surface area contributed by atoms with E-state index in [0.717, 1.165) is 9.33 Å². The topological polar surface area (TPSA) is 83.3 Å². The van der Waals surface area contributed by atoms with Crippen molar-refractivity contribution in [3.63, 3.8) is 0 Å². The number of amides is 1. The first-order valence-corrected chi connectivity index (χ1v) is 7.50. The van der Waals surface area contributed by atoms with Crippen LogP contribution in [0.3, 0.4) is 0 Å². The number of nitrogens with one attached hydrogen (secondary N) is 2. The fourth-order valence-corrected chi connectivity index (χ4v) is 2.24. The van der Waals surface area contributed by atoms with Gasteiger partial charge in [0, 0.05) is 5.56 Å². The monoisotopic (exact) mass is 406 g/mol. The average Bonchev–Trinajstić information content (AvgIpc) is 3.17. The van der Waals surface area contributed by atoms with E-state index in [1.165, 1.54) is 6.21 Å². The second-order valence-corrected chi connectivity index (χ2v) is 5.44. The minimum atomic E-state index is -0.368. The van der Waals surface area contributed by atoms with E-state index in [0.29, 0.717) is 17.1 Å². The molecule has 1 amide bonds. The molecule has 110 valence electrons. The van der Waals surface area contributed by atoms with Crippen molar-refractivity contribution in [2.75, 3.05) is 0 Å². The smallest absolute Gasteiger partial charge is 0.289 e. The van der Waals surface area contributed by atoms with Gasteiger partial charge >= 0.3 is 0 Å². The summed E-state index contributed by atoms with van der Waals surface area (Å²) in [6.07, 6.45) is 1.44. The standard InChI is InChI=1S/C15H11IN4O2/c16-14-7-6-11(22-14)9-17-20-15(21)13-8-12(18-19-13)10-4-2-1-3-5-10/h1-9H,(H,18,19)(H,20,21)/b17-9-. The van der Waals surface area contributed by atoms with E-state index < -0.39 is 0 Å². The molecule has 0 bridgehead atoms. The zero-order valence-electron chi connectivity index (χ0n) is 11.3. The molecule has 22 heavy (non-hydrogen) atoms. The Balaban J connectivity index is 1.66. The van der Waals surface area contributed by atoms with Gasteiger partial charge in [0.05, 0.1) is 11.9 Å². The summed E-state index contributed by atoms with van der Waals surface area (Å²) < 4.78 is 6.05. The minimum absolute atomic E-state index is 0.338. The van der Waals surface area contributed by atoms with Crippen molar-refractivity contribution in [2.24, 2.45) is 5.10 Å². The number of benzene rings is 1. The van der Waals surface area contributed by atoms with Crippen LogP contribution in [0.5, 0.6) is 0 Å². The van der Waals surface area contributed by atoms with Crippen molar-refractivity contribution in [1.29, 1.82) is 0 Å². The molecule has 0 radical (unpaired) electrons. The molecule has 0 aliphatic heterocycles. The van der Waals surface area contributed by atoms with Gasteiger partial charge in [0.1, 0.15) is 11.5 Å². The molecule has 0 spiro atoms. The summed E-state index contributed by atoms with van der Waals surface area (Å²) >= 11 is 2.05. The maximum absolute atomic E-state index is 12.0. The first-order chi connectivity index (χ1) is 10.7. The number of aromatic amines is 1. The van der Waals surface area contributed by atoms with Crippen LogP contribution in [0.1, 0.15) is 16.2 Å². The van der Waals surface area contributed by atoms with Crippen LogP contribution in [-0.2, 0) is 0 Å². The van der Waals surface area contributed by atoms with Gasteiger partial charge < -0.3 is 4.42 Å². The number of nitrogens with zero attached hydrogens (tertiary/aromatic N) is 2. The van der Waals surface area contributed by atoms with Crippen molar-refractivity contribution in [1.82, 2.24) is 15.6 Å². The zero-order chi connectivity index (χ0) is 15.4. The molecule has 0 saturated heterocycles. The molecule has 0 atom stereocenters. The van der Waals surface area contributed by atoms with Crippen molar-refractivity contribution in [3.8, 4) is 11.3 Å². The quantitative estimate of drug-likeness (QED) is 0.397. The van der Waals surface area contributed by atoms with Crippen LogP contribution < -0.4 is 5.43 Å². The molecule has 0 fully saturated rings. The van der Waals surface area contributed by atoms with Gasteiger partial charge in [-0.05, 0) is 40.8 Å². The van der Waals surface area contributed by atoms with Crippen LogP contribution in [0.4, 0.5) is 0 Å². The van der Waals surface area contributed by atoms with E-state index in [1.54, 1.807) is 12.1 Å². The SMILES string of the molecule is O=C(N/N=C\c1ccc(I)o1)c1cc(-c2ccccc2)n[nH]1. The highest BCUT2D eigenvalue weighted by atomic mass is 127. The lowest BCUT2D eigenvalue weighted by atomic mass is 10.1. The summed E-state index contributed by atoms with van der Waals surface area (Å²) in [7, 11) is 0. The third kappa shape index (κ3) is 3.42. The summed E-state index contributed by atoms with van der Waals surface area (Å²) in [5.41, 5.74) is 4.40. The number of hydrogen-bond acceptors (Lipinski definition) is 4. The Bertz CT molecular complexity index is 808. The van der Waals surface area contributed by atoms with Gasteiger partial charge in [0.15, 0.2) is 3.77 Å². The molecule has 0 aliphatic rings. The molecule has 1 aromatic carbocycles. The first kappa shape index (κ1) is 14.5. The zero-order valence-corrected chi connectivity index (χ0v) is 13.4. The first-order valence-electron chi connectivity index (χ1n) is 6.42. The van der Waals surface area contributed by atoms with Crippen LogP contribution in [0, 0.1) is 3.77 Å². The summed E-state index contributed by atoms with van der Waals surface area (Å²) in [5.74, 6) is 0.200. The fraction of sp³-hybridized carbons (Fsp3) is 0. The number of aromatic nitrogens is 2. The second kappa shape index (κ2) is 6.56. The third-order valence-corrected chi connectivity index (χ3v) is 3.42. The van der Waals surface area contributed by atoms with E-state index in [1.807, 2.05) is 36.4 Å². The number of halogens is 1. The molecule has 0 aliphatic carbocycles. The maximum atomic E-state index is 12.0. The van der Waals surface area contributed by atoms with E-state index in [9.17, 15) is 4.79 Å². The third-order valence-electron chi connectivity index (χ3n) is 2.84. The van der Waals surface area contributed by atoms with Crippen molar-refractivity contribution in [2.45, 2.75) is 0 Å². The summed E-state index contributed by atoms with van der Waals surface area (Å²) in [6.45, 7) is 0. The number of H-pyrrole nitrogens is 1. The average molecular weight is 406 g/mol. The summed E-state index contributed by atoms with van der Waals surface area (Å²) in [6, 6.07) is 14.9. The van der Waals surface area contributed by atoms with Crippen LogP contribution in [0.2, 0.25) is 0 Å². The molecular weight excluding hydrogens is 395 g/mol. The number of hydrogen-bond donors (Lipinski definition) is 2. The minimum Gasteiger partial charge on any atom is -0.449 e. The van der Waals surface area contributed by atoms with E-state index in [-0.39, 0.29) is 5.91 Å². The molecule has 6 nitrogen and oxygen atoms in total. The van der Waals surface area contributed by atoms with Crippen molar-refractivity contribution < 1.29 is 9.21 Å². The van der Waals surface area contributed by atoms with E-state index >= 15 is 0 Å². The highest BCUT2D eigenvalue weighted by molar-refractivity contribution is 14.1. The number of hydrazone groups is 1. The molecule has 2 aromatic heterocycles. The highest BCUT2D eigenvalue weighted by Gasteiger charge is 2.10. The van der Waals surface area contributed by atoms with Gasteiger partial charge in [-0.15, -0.1) is 0 Å². The Labute approximate surface area is 139 Å². The number of carbonyl (C=O) groups excluding carboxylic acids is 1. The van der Waals surface area contributed by atoms with Crippen LogP contribution in [0.15, 0.2) is 58.0 Å². The molecule has 0 saturated carbocycles. The molecule has 0 unspecified atom stereocenters. The Kier molecular flexibility index (Phi) is 4.33. The lowest BCUT2D eigenvalue weighted by Crippen LogP contribution is -2.17. The lowest BCUT2D eigenvalue weighted by Gasteiger charge is -1.94. The summed E-state index contributed by atoms with van der Waals surface area (Å²) in [5, 5.41) is 10.7. The van der Waals surface area contributed by atoms with Crippen molar-refractivity contribution >= 4 is 34.7 Å². The Morgan fingerprint density at radius 1 is 1.27 bits per heavy atom. The van der Waals surface area contributed by atoms with E-state index in [2.05, 4.69) is 43.3 Å². The van der Waals surface area contributed by atoms with Gasteiger partial charge in [-0.1, -0.05) is 30.3 Å². The molecule has 7 heteroatoms. The number of furan rings is 1. The van der Waals surface area contributed by atoms with Crippen LogP contribution in [0.25, 0.3) is 11.3 Å². The fourth-order valence-electron chi connectivity index (χ4n) is 1.81. The van der Waals surface area contributed by atoms with Crippen LogP contribution in [-0.4, -0.2) is 22.3 Å². The van der Waals surface area contributed by atoms with Crippen LogP contribution >= 0.6 is 22.6 Å². The Morgan fingerprint density at radius 3 is 2.82 bits per heavy atom.